The number of halogens is 1. The van der Waals surface area contributed by atoms with Gasteiger partial charge in [-0.2, -0.15) is 5.10 Å². The Morgan fingerprint density at radius 1 is 1.06 bits per heavy atom. The van der Waals surface area contributed by atoms with E-state index in [4.69, 9.17) is 11.6 Å². The van der Waals surface area contributed by atoms with Crippen molar-refractivity contribution < 1.29 is 4.79 Å². The van der Waals surface area contributed by atoms with Gasteiger partial charge >= 0.3 is 0 Å². The minimum Gasteiger partial charge on any atom is -0.272 e. The number of nitrogens with one attached hydrogen (secondary N) is 1. The first-order valence-electron chi connectivity index (χ1n) is 9.84. The van der Waals surface area contributed by atoms with Crippen molar-refractivity contribution in [2.75, 3.05) is 12.0 Å². The van der Waals surface area contributed by atoms with Gasteiger partial charge < -0.3 is 0 Å². The van der Waals surface area contributed by atoms with Crippen molar-refractivity contribution >= 4 is 47.2 Å². The van der Waals surface area contributed by atoms with E-state index in [0.717, 1.165) is 16.8 Å². The Labute approximate surface area is 204 Å². The van der Waals surface area contributed by atoms with Crippen molar-refractivity contribution in [3.05, 3.63) is 83.6 Å². The van der Waals surface area contributed by atoms with Crippen molar-refractivity contribution in [1.82, 2.24) is 25.2 Å². The van der Waals surface area contributed by atoms with Gasteiger partial charge in [0.25, 0.3) is 5.91 Å². The second-order valence-corrected chi connectivity index (χ2v) is 8.97. The second-order valence-electron chi connectivity index (χ2n) is 6.71. The van der Waals surface area contributed by atoms with Crippen LogP contribution in [-0.2, 0) is 4.79 Å². The highest BCUT2D eigenvalue weighted by molar-refractivity contribution is 7.99. The van der Waals surface area contributed by atoms with E-state index >= 15 is 0 Å². The van der Waals surface area contributed by atoms with Crippen LogP contribution in [-0.4, -0.2) is 43.9 Å². The van der Waals surface area contributed by atoms with Crippen LogP contribution in [0.2, 0.25) is 5.02 Å². The highest BCUT2D eigenvalue weighted by Crippen LogP contribution is 2.28. The zero-order valence-electron chi connectivity index (χ0n) is 17.6. The minimum absolute atomic E-state index is 0.130. The fourth-order valence-corrected chi connectivity index (χ4v) is 4.18. The van der Waals surface area contributed by atoms with E-state index in [0.29, 0.717) is 16.0 Å². The number of hydrogen-bond donors (Lipinski definition) is 1. The summed E-state index contributed by atoms with van der Waals surface area (Å²) in [7, 11) is 0. The molecule has 0 aliphatic heterocycles. The first-order chi connectivity index (χ1) is 16.1. The van der Waals surface area contributed by atoms with Crippen molar-refractivity contribution in [2.24, 2.45) is 5.10 Å². The number of hydrogen-bond acceptors (Lipinski definition) is 7. The normalized spacial score (nSPS) is 11.1. The summed E-state index contributed by atoms with van der Waals surface area (Å²) in [5.41, 5.74) is 5.16. The lowest BCUT2D eigenvalue weighted by Gasteiger charge is -2.10. The first kappa shape index (κ1) is 23.0. The quantitative estimate of drug-likeness (QED) is 0.212. The third-order valence-corrected chi connectivity index (χ3v) is 6.43. The smallest absolute Gasteiger partial charge is 0.250 e. The Balaban J connectivity index is 1.47. The maximum Gasteiger partial charge on any atom is 0.250 e. The fourth-order valence-electron chi connectivity index (χ4n) is 2.91. The first-order valence-corrected chi connectivity index (χ1v) is 12.4. The van der Waals surface area contributed by atoms with Gasteiger partial charge in [-0.05, 0) is 60.4 Å². The summed E-state index contributed by atoms with van der Waals surface area (Å²) >= 11 is 9.00. The number of rotatable bonds is 8. The van der Waals surface area contributed by atoms with Crippen LogP contribution in [0.1, 0.15) is 5.56 Å². The van der Waals surface area contributed by atoms with E-state index in [2.05, 4.69) is 25.7 Å². The molecule has 0 aliphatic rings. The molecule has 0 saturated carbocycles. The predicted octanol–water partition coefficient (Wildman–Crippen LogP) is 4.95. The zero-order chi connectivity index (χ0) is 23.0. The van der Waals surface area contributed by atoms with E-state index in [1.807, 2.05) is 59.4 Å². The number of carbonyl (C=O) groups excluding carboxylic acids is 1. The third-order valence-electron chi connectivity index (χ3n) is 4.51. The average Bonchev–Trinajstić information content (AvgIpc) is 3.28. The van der Waals surface area contributed by atoms with Crippen LogP contribution >= 0.6 is 35.1 Å². The molecule has 0 spiro atoms. The lowest BCUT2D eigenvalue weighted by Crippen LogP contribution is -2.20. The summed E-state index contributed by atoms with van der Waals surface area (Å²) in [5, 5.41) is 13.9. The van der Waals surface area contributed by atoms with Crippen LogP contribution in [0, 0.1) is 0 Å². The van der Waals surface area contributed by atoms with E-state index in [-0.39, 0.29) is 11.7 Å². The van der Waals surface area contributed by atoms with E-state index in [9.17, 15) is 4.79 Å². The number of carbonyl (C=O) groups is 1. The number of thioether (sulfide) groups is 2. The predicted molar refractivity (Wildman–Crippen MR) is 134 cm³/mol. The highest BCUT2D eigenvalue weighted by Gasteiger charge is 2.17. The molecule has 7 nitrogen and oxygen atoms in total. The maximum atomic E-state index is 12.3. The molecule has 0 unspecified atom stereocenters. The molecular weight excluding hydrogens is 476 g/mol. The summed E-state index contributed by atoms with van der Waals surface area (Å²) in [6.45, 7) is 0. The molecule has 0 fully saturated rings. The molecule has 33 heavy (non-hydrogen) atoms. The van der Waals surface area contributed by atoms with Crippen LogP contribution in [0.15, 0.2) is 88.2 Å². The SMILES string of the molecule is CSc1ccc(/C=N/NC(=O)CSc2nnc(-c3ccncc3)n2-c2ccc(Cl)cc2)cc1. The van der Waals surface area contributed by atoms with Gasteiger partial charge in [-0.3, -0.25) is 14.3 Å². The largest absolute Gasteiger partial charge is 0.272 e. The Morgan fingerprint density at radius 3 is 2.48 bits per heavy atom. The molecule has 0 bridgehead atoms. The molecule has 4 aromatic rings. The van der Waals surface area contributed by atoms with Gasteiger partial charge in [0.2, 0.25) is 0 Å². The number of hydrazone groups is 1. The molecule has 0 saturated heterocycles. The maximum absolute atomic E-state index is 12.3. The number of amides is 1. The van der Waals surface area contributed by atoms with Crippen molar-refractivity contribution in [2.45, 2.75) is 10.1 Å². The van der Waals surface area contributed by atoms with E-state index in [1.165, 1.54) is 16.7 Å². The Kier molecular flexibility index (Phi) is 7.77. The van der Waals surface area contributed by atoms with Crippen molar-refractivity contribution in [3.8, 4) is 17.1 Å². The number of nitrogens with zero attached hydrogens (tertiary/aromatic N) is 5. The summed E-state index contributed by atoms with van der Waals surface area (Å²) < 4.78 is 1.89. The summed E-state index contributed by atoms with van der Waals surface area (Å²) in [6.07, 6.45) is 7.03. The van der Waals surface area contributed by atoms with E-state index < -0.39 is 0 Å². The molecule has 10 heteroatoms. The van der Waals surface area contributed by atoms with E-state index in [1.54, 1.807) is 42.5 Å². The number of pyridine rings is 1. The Hall–Kier alpha value is -3.14. The van der Waals surface area contributed by atoms with Crippen LogP contribution < -0.4 is 5.43 Å². The molecule has 2 aromatic heterocycles. The average molecular weight is 495 g/mol. The van der Waals surface area contributed by atoms with Crippen LogP contribution in [0.5, 0.6) is 0 Å². The van der Waals surface area contributed by atoms with Crippen molar-refractivity contribution in [3.63, 3.8) is 0 Å². The Bertz CT molecular complexity index is 1240. The number of benzene rings is 2. The topological polar surface area (TPSA) is 85.1 Å². The van der Waals surface area contributed by atoms with Crippen molar-refractivity contribution in [1.29, 1.82) is 0 Å². The van der Waals surface area contributed by atoms with Crippen LogP contribution in [0.3, 0.4) is 0 Å². The van der Waals surface area contributed by atoms with Gasteiger partial charge in [0.15, 0.2) is 11.0 Å². The van der Waals surface area contributed by atoms with Gasteiger partial charge in [0.05, 0.1) is 12.0 Å². The van der Waals surface area contributed by atoms with Gasteiger partial charge in [0, 0.05) is 33.6 Å². The second kappa shape index (κ2) is 11.1. The molecule has 2 aromatic carbocycles. The summed E-state index contributed by atoms with van der Waals surface area (Å²) in [6, 6.07) is 19.0. The lowest BCUT2D eigenvalue weighted by atomic mass is 10.2. The zero-order valence-corrected chi connectivity index (χ0v) is 19.9. The van der Waals surface area contributed by atoms with Gasteiger partial charge in [0.1, 0.15) is 0 Å². The minimum atomic E-state index is -0.242. The molecule has 166 valence electrons. The monoisotopic (exact) mass is 494 g/mol. The van der Waals surface area contributed by atoms with Gasteiger partial charge in [-0.15, -0.1) is 22.0 Å². The van der Waals surface area contributed by atoms with Gasteiger partial charge in [-0.1, -0.05) is 35.5 Å². The van der Waals surface area contributed by atoms with Gasteiger partial charge in [-0.25, -0.2) is 5.43 Å². The molecule has 0 aliphatic carbocycles. The molecule has 0 radical (unpaired) electrons. The highest BCUT2D eigenvalue weighted by atomic mass is 35.5. The number of aromatic nitrogens is 4. The third kappa shape index (κ3) is 6.01. The standard InChI is InChI=1S/C23H19ClN6OS2/c1-32-20-8-2-16(3-9-20)14-26-27-21(31)15-33-23-29-28-22(17-10-12-25-13-11-17)30(23)19-6-4-18(24)5-7-19/h2-14H,15H2,1H3,(H,27,31)/b26-14+. The molecule has 1 N–H and O–H groups in total. The molecule has 2 heterocycles. The van der Waals surface area contributed by atoms with Crippen LogP contribution in [0.25, 0.3) is 17.1 Å². The fraction of sp³-hybridized carbons (Fsp3) is 0.0870. The molecule has 4 rings (SSSR count). The molecule has 0 atom stereocenters. The molecule has 1 amide bonds. The Morgan fingerprint density at radius 2 is 1.79 bits per heavy atom. The summed E-state index contributed by atoms with van der Waals surface area (Å²) in [4.78, 5) is 17.6. The van der Waals surface area contributed by atoms with Crippen LogP contribution in [0.4, 0.5) is 0 Å². The summed E-state index contributed by atoms with van der Waals surface area (Å²) in [5.74, 6) is 0.535. The lowest BCUT2D eigenvalue weighted by molar-refractivity contribution is -0.118. The molecular formula is C23H19ClN6OS2.